The van der Waals surface area contributed by atoms with Crippen LogP contribution in [0.15, 0.2) is 36.4 Å². The molecule has 0 amide bonds. The maximum atomic E-state index is 8.97. The molecule has 2 aromatic carbocycles. The maximum Gasteiger partial charge on any atom is 0.120 e. The monoisotopic (exact) mass is 292 g/mol. The number of ether oxygens (including phenoxy) is 1. The van der Waals surface area contributed by atoms with Crippen LogP contribution in [0.25, 0.3) is 10.8 Å². The van der Waals surface area contributed by atoms with Gasteiger partial charge in [0.15, 0.2) is 0 Å². The molecule has 3 atom stereocenters. The highest BCUT2D eigenvalue weighted by Crippen LogP contribution is 2.36. The molecule has 0 unspecified atom stereocenters. The van der Waals surface area contributed by atoms with E-state index in [1.165, 1.54) is 12.8 Å². The number of hydrogen-bond donors (Lipinski definition) is 0. The van der Waals surface area contributed by atoms with Crippen LogP contribution in [0.3, 0.4) is 0 Å². The lowest BCUT2D eigenvalue weighted by molar-refractivity contribution is 0.0662. The highest BCUT2D eigenvalue weighted by Gasteiger charge is 2.39. The molecule has 3 nitrogen and oxygen atoms in total. The van der Waals surface area contributed by atoms with Crippen LogP contribution in [0.4, 0.5) is 0 Å². The molecule has 0 saturated carbocycles. The van der Waals surface area contributed by atoms with Crippen molar-refractivity contribution in [2.45, 2.75) is 43.9 Å². The van der Waals surface area contributed by atoms with Crippen LogP contribution in [0.5, 0.6) is 5.75 Å². The maximum absolute atomic E-state index is 8.97. The number of fused-ring (bicyclic) bond motifs is 3. The van der Waals surface area contributed by atoms with Crippen molar-refractivity contribution in [2.24, 2.45) is 0 Å². The lowest BCUT2D eigenvalue weighted by atomic mass is 10.0. The Morgan fingerprint density at radius 2 is 1.73 bits per heavy atom. The molecule has 3 heteroatoms. The first-order valence-electron chi connectivity index (χ1n) is 8.05. The minimum atomic E-state index is 0.338. The molecule has 2 heterocycles. The third kappa shape index (κ3) is 2.34. The van der Waals surface area contributed by atoms with Gasteiger partial charge in [0, 0.05) is 12.1 Å². The van der Waals surface area contributed by atoms with E-state index in [2.05, 4.69) is 30.1 Å². The number of nitriles is 1. The molecule has 0 N–H and O–H groups in total. The van der Waals surface area contributed by atoms with E-state index in [0.29, 0.717) is 23.8 Å². The zero-order valence-corrected chi connectivity index (χ0v) is 12.8. The lowest BCUT2D eigenvalue weighted by Gasteiger charge is -2.36. The van der Waals surface area contributed by atoms with Gasteiger partial charge in [0.05, 0.1) is 11.6 Å². The van der Waals surface area contributed by atoms with Crippen LogP contribution in [0.2, 0.25) is 0 Å². The largest absolute Gasteiger partial charge is 0.490 e. The number of rotatable bonds is 2. The second-order valence-corrected chi connectivity index (χ2v) is 6.60. The van der Waals surface area contributed by atoms with Gasteiger partial charge >= 0.3 is 0 Å². The standard InChI is InChI=1S/C19H20N2O/c1-21-16-5-6-17(21)11-19(10-16)22-18-7-4-14-8-13(12-20)2-3-15(14)9-18/h2-4,7-9,16-17,19H,5-6,10-11H2,1H3/t16-,17+,19-. The summed E-state index contributed by atoms with van der Waals surface area (Å²) >= 11 is 0. The fraction of sp³-hybridized carbons (Fsp3) is 0.421. The Hall–Kier alpha value is -2.05. The van der Waals surface area contributed by atoms with E-state index in [4.69, 9.17) is 10.00 Å². The number of nitrogens with zero attached hydrogens (tertiary/aromatic N) is 2. The molecule has 2 aromatic rings. The van der Waals surface area contributed by atoms with Crippen LogP contribution >= 0.6 is 0 Å². The molecule has 2 aliphatic rings. The summed E-state index contributed by atoms with van der Waals surface area (Å²) in [5.74, 6) is 0.950. The minimum Gasteiger partial charge on any atom is -0.490 e. The van der Waals surface area contributed by atoms with Gasteiger partial charge in [-0.25, -0.2) is 0 Å². The molecule has 0 radical (unpaired) electrons. The molecule has 2 fully saturated rings. The zero-order valence-electron chi connectivity index (χ0n) is 12.8. The second kappa shape index (κ2) is 5.30. The van der Waals surface area contributed by atoms with Crippen LogP contribution in [0, 0.1) is 11.3 Å². The van der Waals surface area contributed by atoms with Gasteiger partial charge in [-0.1, -0.05) is 12.1 Å². The predicted octanol–water partition coefficient (Wildman–Crippen LogP) is 3.72. The van der Waals surface area contributed by atoms with Gasteiger partial charge in [-0.15, -0.1) is 0 Å². The highest BCUT2D eigenvalue weighted by atomic mass is 16.5. The molecule has 2 saturated heterocycles. The third-order valence-corrected chi connectivity index (χ3v) is 5.30. The molecule has 0 aromatic heterocycles. The van der Waals surface area contributed by atoms with Crippen LogP contribution in [0.1, 0.15) is 31.2 Å². The Morgan fingerprint density at radius 3 is 2.45 bits per heavy atom. The van der Waals surface area contributed by atoms with Gasteiger partial charge in [-0.3, -0.25) is 0 Å². The molecular weight excluding hydrogens is 272 g/mol. The Bertz CT molecular complexity index is 735. The van der Waals surface area contributed by atoms with Crippen molar-refractivity contribution in [2.75, 3.05) is 7.05 Å². The molecule has 2 bridgehead atoms. The summed E-state index contributed by atoms with van der Waals surface area (Å²) in [6, 6.07) is 15.5. The van der Waals surface area contributed by atoms with Gasteiger partial charge < -0.3 is 9.64 Å². The van der Waals surface area contributed by atoms with Gasteiger partial charge in [0.1, 0.15) is 11.9 Å². The van der Waals surface area contributed by atoms with E-state index >= 15 is 0 Å². The average Bonchev–Trinajstić information content (AvgIpc) is 2.75. The molecular formula is C19H20N2O. The smallest absolute Gasteiger partial charge is 0.120 e. The van der Waals surface area contributed by atoms with Crippen molar-refractivity contribution in [3.8, 4) is 11.8 Å². The Morgan fingerprint density at radius 1 is 1.05 bits per heavy atom. The molecule has 0 aliphatic carbocycles. The van der Waals surface area contributed by atoms with Gasteiger partial charge in [-0.05, 0) is 67.8 Å². The Labute approximate surface area is 131 Å². The van der Waals surface area contributed by atoms with Crippen LogP contribution in [-0.2, 0) is 0 Å². The van der Waals surface area contributed by atoms with Crippen molar-refractivity contribution in [1.82, 2.24) is 4.90 Å². The Kier molecular flexibility index (Phi) is 3.28. The summed E-state index contributed by atoms with van der Waals surface area (Å²) in [4.78, 5) is 2.53. The zero-order chi connectivity index (χ0) is 15.1. The molecule has 112 valence electrons. The molecule has 22 heavy (non-hydrogen) atoms. The van der Waals surface area contributed by atoms with E-state index < -0.39 is 0 Å². The SMILES string of the molecule is CN1[C@@H]2CC[C@H]1C[C@H](Oc1ccc3cc(C#N)ccc3c1)C2. The molecule has 2 aliphatic heterocycles. The van der Waals surface area contributed by atoms with E-state index in [9.17, 15) is 0 Å². The van der Waals surface area contributed by atoms with Gasteiger partial charge in [-0.2, -0.15) is 5.26 Å². The second-order valence-electron chi connectivity index (χ2n) is 6.60. The Balaban J connectivity index is 1.54. The van der Waals surface area contributed by atoms with Crippen molar-refractivity contribution in [3.63, 3.8) is 0 Å². The number of hydrogen-bond acceptors (Lipinski definition) is 3. The summed E-state index contributed by atoms with van der Waals surface area (Å²) in [5, 5.41) is 11.2. The first-order valence-corrected chi connectivity index (χ1v) is 8.05. The normalized spacial score (nSPS) is 27.7. The summed E-state index contributed by atoms with van der Waals surface area (Å²) in [6.07, 6.45) is 5.24. The fourth-order valence-corrected chi connectivity index (χ4v) is 4.02. The van der Waals surface area contributed by atoms with Gasteiger partial charge in [0.2, 0.25) is 0 Å². The summed E-state index contributed by atoms with van der Waals surface area (Å²) < 4.78 is 6.26. The minimum absolute atomic E-state index is 0.338. The van der Waals surface area contributed by atoms with Crippen molar-refractivity contribution < 1.29 is 4.74 Å². The average molecular weight is 292 g/mol. The van der Waals surface area contributed by atoms with Crippen LogP contribution < -0.4 is 4.74 Å². The highest BCUT2D eigenvalue weighted by molar-refractivity contribution is 5.85. The summed E-state index contributed by atoms with van der Waals surface area (Å²) in [7, 11) is 2.25. The predicted molar refractivity (Wildman–Crippen MR) is 86.9 cm³/mol. The number of piperidine rings is 1. The quantitative estimate of drug-likeness (QED) is 0.846. The van der Waals surface area contributed by atoms with Crippen molar-refractivity contribution in [3.05, 3.63) is 42.0 Å². The first kappa shape index (κ1) is 13.6. The van der Waals surface area contributed by atoms with E-state index in [-0.39, 0.29) is 0 Å². The number of benzene rings is 2. The third-order valence-electron chi connectivity index (χ3n) is 5.30. The molecule has 0 spiro atoms. The van der Waals surface area contributed by atoms with Crippen molar-refractivity contribution in [1.29, 1.82) is 5.26 Å². The topological polar surface area (TPSA) is 36.3 Å². The lowest BCUT2D eigenvalue weighted by Crippen LogP contribution is -2.43. The van der Waals surface area contributed by atoms with Crippen LogP contribution in [-0.4, -0.2) is 30.1 Å². The molecule has 4 rings (SSSR count). The van der Waals surface area contributed by atoms with E-state index in [0.717, 1.165) is 29.4 Å². The van der Waals surface area contributed by atoms with E-state index in [1.807, 2.05) is 24.3 Å². The first-order chi connectivity index (χ1) is 10.7. The summed E-state index contributed by atoms with van der Waals surface area (Å²) in [6.45, 7) is 0. The van der Waals surface area contributed by atoms with E-state index in [1.54, 1.807) is 0 Å². The fourth-order valence-electron chi connectivity index (χ4n) is 4.02. The van der Waals surface area contributed by atoms with Gasteiger partial charge in [0.25, 0.3) is 0 Å². The summed E-state index contributed by atoms with van der Waals surface area (Å²) in [5.41, 5.74) is 0.702. The van der Waals surface area contributed by atoms with Crippen molar-refractivity contribution >= 4 is 10.8 Å².